The molecule has 0 radical (unpaired) electrons. The summed E-state index contributed by atoms with van der Waals surface area (Å²) in [5, 5.41) is 19.6. The lowest BCUT2D eigenvalue weighted by molar-refractivity contribution is -0.144. The quantitative estimate of drug-likeness (QED) is 0.0424. The molecule has 4 amide bonds. The zero-order valence-electron chi connectivity index (χ0n) is 49.4. The fourth-order valence-corrected chi connectivity index (χ4v) is 12.2. The minimum atomic E-state index is -0.965. The lowest BCUT2D eigenvalue weighted by atomic mass is 9.85. The molecule has 442 valence electrons. The molecule has 0 unspecified atom stereocenters. The SMILES string of the molecule is CCN(c1cc(-c2ccc(CN3CCN(CCOCCOCC(=O)N[C@H](C(=O)N4C[C@H](O)C[C@H]4C(=O)N[C@@H](C)c4ccc(-c5scnc5C)cc4)C(C)(C)C)CC3)cc2)cc(C(=O)NCc2c(C)cc(C)[nH]c2=O)c1C)C1CCOCC1. The Morgan fingerprint density at radius 2 is 1.56 bits per heavy atom. The number of piperazine rings is 1. The number of nitrogens with zero attached hydrogens (tertiary/aromatic N) is 5. The van der Waals surface area contributed by atoms with Crippen molar-refractivity contribution in [3.63, 3.8) is 0 Å². The van der Waals surface area contributed by atoms with Crippen molar-refractivity contribution in [2.45, 2.75) is 125 Å². The molecule has 19 heteroatoms. The molecule has 0 spiro atoms. The first kappa shape index (κ1) is 61.7. The van der Waals surface area contributed by atoms with Crippen LogP contribution in [0.4, 0.5) is 5.69 Å². The molecule has 82 heavy (non-hydrogen) atoms. The molecule has 0 saturated carbocycles. The fourth-order valence-electron chi connectivity index (χ4n) is 11.4. The number of β-amino-alcohol motifs (C(OH)–C–C–N with tert-alkyl or cyclic N) is 1. The van der Waals surface area contributed by atoms with E-state index in [9.17, 15) is 29.1 Å². The van der Waals surface area contributed by atoms with E-state index in [0.717, 1.165) is 114 Å². The van der Waals surface area contributed by atoms with Gasteiger partial charge >= 0.3 is 0 Å². The molecule has 5 N–H and O–H groups in total. The summed E-state index contributed by atoms with van der Waals surface area (Å²) in [5.41, 5.74) is 11.8. The molecule has 8 rings (SSSR count). The number of hydrogen-bond donors (Lipinski definition) is 5. The maximum atomic E-state index is 14.1. The number of aryl methyl sites for hydroxylation is 3. The summed E-state index contributed by atoms with van der Waals surface area (Å²) < 4.78 is 17.3. The second kappa shape index (κ2) is 28.3. The second-order valence-electron chi connectivity index (χ2n) is 23.3. The van der Waals surface area contributed by atoms with Gasteiger partial charge in [-0.2, -0.15) is 0 Å². The van der Waals surface area contributed by atoms with E-state index in [1.165, 1.54) is 10.5 Å². The summed E-state index contributed by atoms with van der Waals surface area (Å²) in [6, 6.07) is 20.8. The van der Waals surface area contributed by atoms with Crippen molar-refractivity contribution >= 4 is 40.7 Å². The molecular formula is C63H85N9O9S. The number of thiazole rings is 1. The van der Waals surface area contributed by atoms with E-state index < -0.39 is 35.4 Å². The fraction of sp³-hybridized carbons (Fsp3) is 0.524. The third-order valence-corrected chi connectivity index (χ3v) is 17.2. The molecule has 3 fully saturated rings. The Labute approximate surface area is 487 Å². The molecule has 3 aliphatic heterocycles. The summed E-state index contributed by atoms with van der Waals surface area (Å²) in [7, 11) is 0. The lowest BCUT2D eigenvalue weighted by Gasteiger charge is -2.37. The number of carbonyl (C=O) groups is 4. The first-order valence-corrected chi connectivity index (χ1v) is 29.9. The second-order valence-corrected chi connectivity index (χ2v) is 24.1. The summed E-state index contributed by atoms with van der Waals surface area (Å²) >= 11 is 1.58. The number of rotatable bonds is 23. The average Bonchev–Trinajstić information content (AvgIpc) is 3.83. The van der Waals surface area contributed by atoms with Gasteiger partial charge in [-0.15, -0.1) is 11.3 Å². The third kappa shape index (κ3) is 15.9. The van der Waals surface area contributed by atoms with E-state index in [-0.39, 0.29) is 56.1 Å². The van der Waals surface area contributed by atoms with Crippen LogP contribution in [0.5, 0.6) is 0 Å². The van der Waals surface area contributed by atoms with Crippen LogP contribution in [-0.2, 0) is 41.7 Å². The van der Waals surface area contributed by atoms with Crippen molar-refractivity contribution in [1.82, 2.24) is 40.6 Å². The molecule has 3 saturated heterocycles. The van der Waals surface area contributed by atoms with E-state index in [1.807, 2.05) is 97.3 Å². The number of nitrogens with one attached hydrogen (secondary N) is 4. The van der Waals surface area contributed by atoms with Gasteiger partial charge in [-0.3, -0.25) is 33.8 Å². The van der Waals surface area contributed by atoms with Crippen molar-refractivity contribution in [3.05, 3.63) is 127 Å². The van der Waals surface area contributed by atoms with Crippen LogP contribution >= 0.6 is 11.3 Å². The van der Waals surface area contributed by atoms with Crippen LogP contribution in [0.3, 0.4) is 0 Å². The van der Waals surface area contributed by atoms with Crippen molar-refractivity contribution in [2.75, 3.05) is 90.4 Å². The summed E-state index contributed by atoms with van der Waals surface area (Å²) in [6.45, 7) is 25.7. The van der Waals surface area contributed by atoms with Crippen LogP contribution in [-0.4, -0.2) is 163 Å². The Morgan fingerprint density at radius 1 is 0.878 bits per heavy atom. The van der Waals surface area contributed by atoms with Crippen LogP contribution in [0.25, 0.3) is 21.6 Å². The van der Waals surface area contributed by atoms with E-state index in [0.29, 0.717) is 43.6 Å². The van der Waals surface area contributed by atoms with Gasteiger partial charge in [-0.25, -0.2) is 4.98 Å². The number of carbonyl (C=O) groups excluding carboxylic acids is 4. The number of benzene rings is 3. The number of aromatic amines is 1. The first-order valence-electron chi connectivity index (χ1n) is 29.0. The van der Waals surface area contributed by atoms with Gasteiger partial charge in [0.1, 0.15) is 18.7 Å². The Bertz CT molecular complexity index is 3030. The molecule has 5 aromatic rings. The average molecular weight is 1140 g/mol. The van der Waals surface area contributed by atoms with E-state index >= 15 is 0 Å². The number of amides is 4. The van der Waals surface area contributed by atoms with E-state index in [1.54, 1.807) is 11.3 Å². The van der Waals surface area contributed by atoms with Gasteiger partial charge in [-0.1, -0.05) is 69.3 Å². The highest BCUT2D eigenvalue weighted by Crippen LogP contribution is 2.35. The predicted octanol–water partition coefficient (Wildman–Crippen LogP) is 6.86. The highest BCUT2D eigenvalue weighted by atomic mass is 32.1. The highest BCUT2D eigenvalue weighted by molar-refractivity contribution is 7.13. The number of ether oxygens (including phenoxy) is 3. The van der Waals surface area contributed by atoms with Crippen molar-refractivity contribution < 1.29 is 38.5 Å². The molecule has 0 aliphatic carbocycles. The van der Waals surface area contributed by atoms with Crippen LogP contribution in [0.15, 0.2) is 77.0 Å². The van der Waals surface area contributed by atoms with Gasteiger partial charge in [0.25, 0.3) is 11.5 Å². The maximum absolute atomic E-state index is 14.1. The van der Waals surface area contributed by atoms with Gasteiger partial charge in [-0.05, 0) is 117 Å². The maximum Gasteiger partial charge on any atom is 0.253 e. The number of hydrogen-bond acceptors (Lipinski definition) is 14. The number of likely N-dealkylation sites (tertiary alicyclic amines) is 1. The van der Waals surface area contributed by atoms with Crippen LogP contribution < -0.4 is 26.4 Å². The number of aliphatic hydroxyl groups is 1. The van der Waals surface area contributed by atoms with Crippen molar-refractivity contribution in [2.24, 2.45) is 5.41 Å². The molecular weight excluding hydrogens is 1060 g/mol. The standard InChI is InChI=1S/C63H85N9O9S/c1-10-71(50-19-26-79-27-20-50)54-33-49(32-52(42(54)4)59(75)64-35-53-40(2)31-41(3)66-60(53)76)47-13-11-45(12-14-47)36-70-23-21-69(22-24-70)25-28-80-29-30-81-38-56(74)68-58(63(7,8)9)62(78)72-37-51(73)34-55(72)61(77)67-43(5)46-15-17-48(18-16-46)57-44(6)65-39-82-57/h11-18,31-33,39,43,50-51,55,58,73H,10,19-30,34-38H2,1-9H3,(H,64,75)(H,66,76)(H,67,77)(H,68,74)/t43-,51+,55-,58+/m0/s1. The van der Waals surface area contributed by atoms with Crippen LogP contribution in [0, 0.1) is 33.1 Å². The summed E-state index contributed by atoms with van der Waals surface area (Å²) in [5.74, 6) is -1.48. The Kier molecular flexibility index (Phi) is 21.3. The lowest BCUT2D eigenvalue weighted by Crippen LogP contribution is -2.58. The Morgan fingerprint density at radius 3 is 2.22 bits per heavy atom. The zero-order chi connectivity index (χ0) is 58.7. The van der Waals surface area contributed by atoms with Crippen molar-refractivity contribution in [3.8, 4) is 21.6 Å². The summed E-state index contributed by atoms with van der Waals surface area (Å²) in [4.78, 5) is 84.9. The number of aliphatic hydroxyl groups excluding tert-OH is 1. The molecule has 4 atom stereocenters. The molecule has 2 aromatic heterocycles. The number of anilines is 1. The minimum Gasteiger partial charge on any atom is -0.391 e. The molecule has 18 nitrogen and oxygen atoms in total. The van der Waals surface area contributed by atoms with Crippen LogP contribution in [0.1, 0.15) is 109 Å². The Hall–Kier alpha value is -6.32. The molecule has 3 aromatic carbocycles. The number of pyridine rings is 1. The van der Waals surface area contributed by atoms with Gasteiger partial charge in [0.2, 0.25) is 17.7 Å². The van der Waals surface area contributed by atoms with Gasteiger partial charge in [0.15, 0.2) is 0 Å². The van der Waals surface area contributed by atoms with E-state index in [2.05, 4.69) is 77.9 Å². The molecule has 3 aliphatic rings. The van der Waals surface area contributed by atoms with Gasteiger partial charge in [0.05, 0.1) is 48.0 Å². The van der Waals surface area contributed by atoms with E-state index in [4.69, 9.17) is 14.2 Å². The topological polar surface area (TPSA) is 211 Å². The smallest absolute Gasteiger partial charge is 0.253 e. The number of aromatic nitrogens is 2. The van der Waals surface area contributed by atoms with Crippen molar-refractivity contribution in [1.29, 1.82) is 0 Å². The predicted molar refractivity (Wildman–Crippen MR) is 321 cm³/mol. The zero-order valence-corrected chi connectivity index (χ0v) is 50.2. The molecule has 5 heterocycles. The van der Waals surface area contributed by atoms with Gasteiger partial charge in [0, 0.05) is 107 Å². The molecule has 0 bridgehead atoms. The third-order valence-electron chi connectivity index (χ3n) is 16.2. The minimum absolute atomic E-state index is 0.0166. The Balaban J connectivity index is 0.760. The highest BCUT2D eigenvalue weighted by Gasteiger charge is 2.45. The normalized spacial score (nSPS) is 18.0. The first-order chi connectivity index (χ1) is 39.3. The monoisotopic (exact) mass is 1140 g/mol. The number of H-pyrrole nitrogens is 1. The van der Waals surface area contributed by atoms with Gasteiger partial charge < -0.3 is 50.1 Å². The van der Waals surface area contributed by atoms with Crippen LogP contribution in [0.2, 0.25) is 0 Å². The summed E-state index contributed by atoms with van der Waals surface area (Å²) in [6.07, 6.45) is 1.06. The largest absolute Gasteiger partial charge is 0.391 e.